The molecule has 1 heterocycles. The molecule has 140 valence electrons. The van der Waals surface area contributed by atoms with Crippen molar-refractivity contribution < 1.29 is 18.7 Å². The van der Waals surface area contributed by atoms with Crippen LogP contribution in [-0.4, -0.2) is 24.0 Å². The molecular weight excluding hydrogens is 366 g/mol. The first kappa shape index (κ1) is 18.8. The number of aromatic nitrogens is 2. The Bertz CT molecular complexity index is 1010. The van der Waals surface area contributed by atoms with Gasteiger partial charge in [-0.05, 0) is 71.0 Å². The van der Waals surface area contributed by atoms with E-state index in [2.05, 4.69) is 10.6 Å². The first-order chi connectivity index (χ1) is 13.0. The van der Waals surface area contributed by atoms with Crippen LogP contribution in [0.2, 0.25) is 0 Å². The molecule has 7 nitrogen and oxygen atoms in total. The Balaban J connectivity index is 1.70. The largest absolute Gasteiger partial charge is 0.497 e. The molecule has 0 radical (unpaired) electrons. The maximum absolute atomic E-state index is 12.2. The lowest BCUT2D eigenvalue weighted by Crippen LogP contribution is -2.36. The van der Waals surface area contributed by atoms with Gasteiger partial charge in [-0.2, -0.15) is 0 Å². The SMILES string of the molecule is COc1ccc(-[n+]2[nH]oc(=O)c2SCC(=O)Nc2ccc(C)c(C)c2)cc1. The molecule has 0 aliphatic heterocycles. The Morgan fingerprint density at radius 2 is 1.93 bits per heavy atom. The Hall–Kier alpha value is -3.00. The highest BCUT2D eigenvalue weighted by Gasteiger charge is 2.25. The smallest absolute Gasteiger partial charge is 0.442 e. The zero-order valence-corrected chi connectivity index (χ0v) is 16.1. The zero-order chi connectivity index (χ0) is 19.4. The first-order valence-corrected chi connectivity index (χ1v) is 9.24. The van der Waals surface area contributed by atoms with E-state index in [1.807, 2.05) is 32.0 Å². The van der Waals surface area contributed by atoms with E-state index in [9.17, 15) is 9.59 Å². The molecule has 1 amide bonds. The number of carbonyl (C=O) groups is 1. The van der Waals surface area contributed by atoms with E-state index in [-0.39, 0.29) is 16.7 Å². The third-order valence-corrected chi connectivity index (χ3v) is 5.10. The predicted octanol–water partition coefficient (Wildman–Crippen LogP) is 2.60. The number of nitrogens with zero attached hydrogens (tertiary/aromatic N) is 1. The standard InChI is InChI=1S/C19H19N3O4S/c1-12-4-5-14(10-13(12)2)20-17(23)11-27-18-19(24)26-21-22(18)15-6-8-16(25-3)9-7-15/h4-10H,11H2,1-3H3,(H-,20,21,23,24)/p+1. The number of amides is 1. The van der Waals surface area contributed by atoms with Crippen LogP contribution in [0.1, 0.15) is 11.1 Å². The van der Waals surface area contributed by atoms with Gasteiger partial charge >= 0.3 is 10.7 Å². The number of methoxy groups -OCH3 is 1. The number of rotatable bonds is 6. The van der Waals surface area contributed by atoms with Crippen molar-refractivity contribution in [3.05, 3.63) is 64.0 Å². The average Bonchev–Trinajstić information content (AvgIpc) is 3.03. The van der Waals surface area contributed by atoms with Crippen LogP contribution in [0.3, 0.4) is 0 Å². The van der Waals surface area contributed by atoms with E-state index in [1.54, 1.807) is 31.4 Å². The fourth-order valence-electron chi connectivity index (χ4n) is 2.44. The molecule has 0 saturated carbocycles. The maximum Gasteiger partial charge on any atom is 0.442 e. The van der Waals surface area contributed by atoms with Gasteiger partial charge in [-0.25, -0.2) is 4.79 Å². The summed E-state index contributed by atoms with van der Waals surface area (Å²) in [5, 5.41) is 5.68. The minimum atomic E-state index is -0.533. The van der Waals surface area contributed by atoms with E-state index < -0.39 is 5.63 Å². The summed E-state index contributed by atoms with van der Waals surface area (Å²) >= 11 is 1.10. The van der Waals surface area contributed by atoms with Gasteiger partial charge in [0.25, 0.3) is 0 Å². The molecule has 3 aromatic rings. The van der Waals surface area contributed by atoms with Gasteiger partial charge in [-0.1, -0.05) is 6.07 Å². The van der Waals surface area contributed by atoms with Gasteiger partial charge in [0.15, 0.2) is 0 Å². The number of aryl methyl sites for hydroxylation is 2. The van der Waals surface area contributed by atoms with E-state index in [0.29, 0.717) is 11.4 Å². The lowest BCUT2D eigenvalue weighted by molar-refractivity contribution is -0.704. The molecule has 0 atom stereocenters. The van der Waals surface area contributed by atoms with Crippen molar-refractivity contribution in [2.45, 2.75) is 18.9 Å². The maximum atomic E-state index is 12.2. The topological polar surface area (TPSA) is 88.2 Å². The number of nitrogens with one attached hydrogen (secondary N) is 2. The van der Waals surface area contributed by atoms with Crippen molar-refractivity contribution in [2.24, 2.45) is 0 Å². The van der Waals surface area contributed by atoms with Crippen LogP contribution in [0.15, 0.2) is 56.8 Å². The van der Waals surface area contributed by atoms with Crippen molar-refractivity contribution in [2.75, 3.05) is 18.2 Å². The van der Waals surface area contributed by atoms with Gasteiger partial charge in [0.05, 0.1) is 12.9 Å². The van der Waals surface area contributed by atoms with Crippen molar-refractivity contribution in [3.8, 4) is 11.4 Å². The summed E-state index contributed by atoms with van der Waals surface area (Å²) in [6.07, 6.45) is 0. The molecule has 2 N–H and O–H groups in total. The Morgan fingerprint density at radius 3 is 2.59 bits per heavy atom. The van der Waals surface area contributed by atoms with Crippen LogP contribution in [0.4, 0.5) is 5.69 Å². The predicted molar refractivity (Wildman–Crippen MR) is 103 cm³/mol. The Kier molecular flexibility index (Phi) is 5.66. The number of hydrogen-bond acceptors (Lipinski definition) is 5. The third-order valence-electron chi connectivity index (χ3n) is 4.07. The van der Waals surface area contributed by atoms with Crippen LogP contribution < -0.4 is 20.4 Å². The number of H-pyrrole nitrogens is 1. The Labute approximate surface area is 160 Å². The van der Waals surface area contributed by atoms with Crippen LogP contribution in [0.25, 0.3) is 5.69 Å². The minimum absolute atomic E-state index is 0.0751. The van der Waals surface area contributed by atoms with E-state index in [4.69, 9.17) is 9.26 Å². The molecule has 0 saturated heterocycles. The van der Waals surface area contributed by atoms with Crippen LogP contribution in [0, 0.1) is 13.8 Å². The van der Waals surface area contributed by atoms with Crippen LogP contribution in [-0.2, 0) is 4.79 Å². The molecule has 27 heavy (non-hydrogen) atoms. The highest BCUT2D eigenvalue weighted by molar-refractivity contribution is 7.99. The lowest BCUT2D eigenvalue weighted by atomic mass is 10.1. The minimum Gasteiger partial charge on any atom is -0.497 e. The second kappa shape index (κ2) is 8.13. The van der Waals surface area contributed by atoms with Gasteiger partial charge in [0, 0.05) is 17.8 Å². The summed E-state index contributed by atoms with van der Waals surface area (Å²) in [4.78, 5) is 24.2. The van der Waals surface area contributed by atoms with Crippen molar-refractivity contribution in [1.82, 2.24) is 5.27 Å². The number of ether oxygens (including phenoxy) is 1. The normalized spacial score (nSPS) is 10.6. The lowest BCUT2D eigenvalue weighted by Gasteiger charge is -2.06. The van der Waals surface area contributed by atoms with E-state index in [0.717, 1.165) is 28.6 Å². The summed E-state index contributed by atoms with van der Waals surface area (Å²) in [6.45, 7) is 4.00. The van der Waals surface area contributed by atoms with Gasteiger partial charge in [0.1, 0.15) is 5.75 Å². The monoisotopic (exact) mass is 386 g/mol. The molecule has 0 unspecified atom stereocenters. The van der Waals surface area contributed by atoms with E-state index >= 15 is 0 Å². The number of benzene rings is 2. The quantitative estimate of drug-likeness (QED) is 0.502. The highest BCUT2D eigenvalue weighted by Crippen LogP contribution is 2.17. The Morgan fingerprint density at radius 1 is 1.19 bits per heavy atom. The second-order valence-electron chi connectivity index (χ2n) is 5.96. The fraction of sp³-hybridized carbons (Fsp3) is 0.211. The van der Waals surface area contributed by atoms with Gasteiger partial charge in [0.2, 0.25) is 11.6 Å². The highest BCUT2D eigenvalue weighted by atomic mass is 32.2. The average molecular weight is 386 g/mol. The van der Waals surface area contributed by atoms with Crippen molar-refractivity contribution in [1.29, 1.82) is 0 Å². The molecule has 0 aliphatic rings. The summed E-state index contributed by atoms with van der Waals surface area (Å²) in [5.74, 6) is 0.573. The van der Waals surface area contributed by atoms with E-state index in [1.165, 1.54) is 4.68 Å². The van der Waals surface area contributed by atoms with Crippen molar-refractivity contribution >= 4 is 23.4 Å². The second-order valence-corrected chi connectivity index (χ2v) is 6.92. The summed E-state index contributed by atoms with van der Waals surface area (Å²) < 4.78 is 11.5. The molecule has 8 heteroatoms. The summed E-state index contributed by atoms with van der Waals surface area (Å²) in [5.41, 5.74) is 3.15. The molecule has 0 aliphatic carbocycles. The van der Waals surface area contributed by atoms with Crippen molar-refractivity contribution in [3.63, 3.8) is 0 Å². The van der Waals surface area contributed by atoms with Gasteiger partial charge in [-0.15, -0.1) is 0 Å². The molecule has 2 aromatic carbocycles. The zero-order valence-electron chi connectivity index (χ0n) is 15.2. The number of aromatic amines is 1. The molecule has 1 aromatic heterocycles. The van der Waals surface area contributed by atoms with Gasteiger partial charge in [-0.3, -0.25) is 9.32 Å². The van der Waals surface area contributed by atoms with Crippen LogP contribution in [0.5, 0.6) is 5.75 Å². The third kappa shape index (κ3) is 4.40. The number of carbonyl (C=O) groups excluding carboxylic acids is 1. The molecule has 0 spiro atoms. The summed E-state index contributed by atoms with van der Waals surface area (Å²) in [7, 11) is 1.58. The summed E-state index contributed by atoms with van der Waals surface area (Å²) in [6, 6.07) is 12.8. The first-order valence-electron chi connectivity index (χ1n) is 8.26. The molecular formula is C19H20N3O4S+. The molecule has 0 fully saturated rings. The number of anilines is 1. The van der Waals surface area contributed by atoms with Crippen LogP contribution >= 0.6 is 11.8 Å². The van der Waals surface area contributed by atoms with Gasteiger partial charge < -0.3 is 10.1 Å². The molecule has 0 bridgehead atoms. The number of thioether (sulfide) groups is 1. The number of hydrogen-bond donors (Lipinski definition) is 2. The molecule has 3 rings (SSSR count). The fourth-order valence-corrected chi connectivity index (χ4v) is 3.21.